The van der Waals surface area contributed by atoms with Crippen molar-refractivity contribution >= 4 is 77.4 Å². The van der Waals surface area contributed by atoms with Gasteiger partial charge in [0, 0.05) is 60.2 Å². The first kappa shape index (κ1) is 37.9. The normalized spacial score (nSPS) is 14.3. The quantitative estimate of drug-likeness (QED) is 0.158. The van der Waals surface area contributed by atoms with Gasteiger partial charge in [0.15, 0.2) is 0 Å². The van der Waals surface area contributed by atoms with Crippen LogP contribution in [-0.2, 0) is 5.41 Å². The smallest absolute Gasteiger partial charge is 0.0741 e. The van der Waals surface area contributed by atoms with Crippen LogP contribution in [0.4, 0.5) is 34.1 Å². The van der Waals surface area contributed by atoms with E-state index in [4.69, 9.17) is 0 Å². The van der Waals surface area contributed by atoms with E-state index < -0.39 is 5.41 Å². The Morgan fingerprint density at radius 1 is 0.328 bits per heavy atom. The third-order valence-corrected chi connectivity index (χ3v) is 15.3. The molecule has 14 rings (SSSR count). The van der Waals surface area contributed by atoms with Crippen LogP contribution in [0.25, 0.3) is 59.1 Å². The van der Waals surface area contributed by atoms with E-state index in [1.165, 1.54) is 75.7 Å². The highest BCUT2D eigenvalue weighted by Crippen LogP contribution is 2.67. The van der Waals surface area contributed by atoms with Gasteiger partial charge in [0.25, 0.3) is 0 Å². The Morgan fingerprint density at radius 2 is 0.806 bits per heavy atom. The first-order valence-electron chi connectivity index (χ1n) is 23.0. The van der Waals surface area contributed by atoms with Crippen molar-refractivity contribution in [3.8, 4) is 27.3 Å². The van der Waals surface area contributed by atoms with Gasteiger partial charge in [0.2, 0.25) is 0 Å². The van der Waals surface area contributed by atoms with E-state index >= 15 is 0 Å². The van der Waals surface area contributed by atoms with Gasteiger partial charge in [-0.25, -0.2) is 0 Å². The van der Waals surface area contributed by atoms with E-state index in [1.807, 2.05) is 11.3 Å². The van der Waals surface area contributed by atoms with Crippen molar-refractivity contribution in [3.63, 3.8) is 0 Å². The molecule has 0 saturated heterocycles. The van der Waals surface area contributed by atoms with Crippen LogP contribution in [0.15, 0.2) is 249 Å². The molecule has 1 unspecified atom stereocenters. The summed E-state index contributed by atoms with van der Waals surface area (Å²) in [6, 6.07) is 91.6. The van der Waals surface area contributed by atoms with Gasteiger partial charge in [-0.15, -0.1) is 11.3 Å². The molecule has 3 nitrogen and oxygen atoms in total. The van der Waals surface area contributed by atoms with Crippen molar-refractivity contribution in [3.05, 3.63) is 271 Å². The fraction of sp³-hybridized carbons (Fsp3) is 0.0159. The van der Waals surface area contributed by atoms with Gasteiger partial charge in [-0.2, -0.15) is 0 Å². The second-order valence-corrected chi connectivity index (χ2v) is 18.7. The predicted octanol–water partition coefficient (Wildman–Crippen LogP) is 17.3. The van der Waals surface area contributed by atoms with Crippen LogP contribution in [-0.4, -0.2) is 4.57 Å². The molecule has 4 heteroatoms. The van der Waals surface area contributed by atoms with Gasteiger partial charge in [-0.05, 0) is 147 Å². The Balaban J connectivity index is 1.03. The third kappa shape index (κ3) is 5.51. The average molecular weight is 872 g/mol. The molecule has 1 spiro atoms. The lowest BCUT2D eigenvalue weighted by Gasteiger charge is -2.33. The van der Waals surface area contributed by atoms with Crippen molar-refractivity contribution in [1.29, 1.82) is 0 Å². The molecule has 0 saturated carbocycles. The molecule has 10 aromatic carbocycles. The zero-order chi connectivity index (χ0) is 44.1. The monoisotopic (exact) mass is 871 g/mol. The molecule has 2 aliphatic rings. The molecular weight excluding hydrogens is 831 g/mol. The van der Waals surface area contributed by atoms with Gasteiger partial charge in [-0.1, -0.05) is 146 Å². The predicted molar refractivity (Wildman–Crippen MR) is 282 cm³/mol. The van der Waals surface area contributed by atoms with Crippen LogP contribution in [0, 0.1) is 0 Å². The minimum Gasteiger partial charge on any atom is -0.310 e. The second-order valence-electron chi connectivity index (χ2n) is 17.6. The van der Waals surface area contributed by atoms with Crippen molar-refractivity contribution in [2.24, 2.45) is 0 Å². The highest BCUT2D eigenvalue weighted by atomic mass is 32.1. The van der Waals surface area contributed by atoms with Gasteiger partial charge < -0.3 is 14.4 Å². The van der Waals surface area contributed by atoms with E-state index in [2.05, 4.69) is 263 Å². The number of hydrogen-bond donors (Lipinski definition) is 0. The standard InChI is InChI=1S/C63H41N3S/c1-5-19-42(20-6-1)64(43-21-7-2-8-22-43)47-33-36-50-49-27-13-16-30-55(49)63(56(50)40-47)57-41-48(34-37-52(57)62-61(63)53-29-15-18-32-60(53)67-62)65(44-23-9-3-10-24-44)46-35-38-59-54(39-46)51-28-14-17-31-58(51)66(59)45-25-11-4-12-26-45/h1-41H. The summed E-state index contributed by atoms with van der Waals surface area (Å²) < 4.78 is 3.70. The van der Waals surface area contributed by atoms with E-state index in [1.54, 1.807) is 0 Å². The van der Waals surface area contributed by atoms with Crippen molar-refractivity contribution in [2.75, 3.05) is 9.80 Å². The molecule has 0 amide bonds. The molecule has 0 bridgehead atoms. The lowest BCUT2D eigenvalue weighted by molar-refractivity contribution is 0.802. The van der Waals surface area contributed by atoms with Crippen LogP contribution in [0.1, 0.15) is 22.3 Å². The van der Waals surface area contributed by atoms with Gasteiger partial charge >= 0.3 is 0 Å². The number of aromatic nitrogens is 1. The second kappa shape index (κ2) is 14.8. The highest BCUT2D eigenvalue weighted by Gasteiger charge is 2.54. The summed E-state index contributed by atoms with van der Waals surface area (Å²) in [6.07, 6.45) is 0. The molecule has 314 valence electrons. The maximum atomic E-state index is 2.52. The molecule has 0 radical (unpaired) electrons. The zero-order valence-electron chi connectivity index (χ0n) is 36.4. The minimum absolute atomic E-state index is 0.587. The molecule has 2 heterocycles. The summed E-state index contributed by atoms with van der Waals surface area (Å²) in [5.74, 6) is 0. The topological polar surface area (TPSA) is 11.4 Å². The molecule has 1 atom stereocenters. The van der Waals surface area contributed by atoms with Crippen molar-refractivity contribution < 1.29 is 0 Å². The number of benzene rings is 10. The molecule has 0 aliphatic heterocycles. The van der Waals surface area contributed by atoms with Crippen LogP contribution in [0.2, 0.25) is 0 Å². The Kier molecular flexibility index (Phi) is 8.37. The van der Waals surface area contributed by atoms with Crippen LogP contribution in [0.3, 0.4) is 0 Å². The molecule has 2 aromatic heterocycles. The Morgan fingerprint density at radius 3 is 1.49 bits per heavy atom. The van der Waals surface area contributed by atoms with Gasteiger partial charge in [0.05, 0.1) is 16.4 Å². The summed E-state index contributed by atoms with van der Waals surface area (Å²) >= 11 is 1.93. The van der Waals surface area contributed by atoms with E-state index in [-0.39, 0.29) is 0 Å². The van der Waals surface area contributed by atoms with Crippen LogP contribution < -0.4 is 9.80 Å². The first-order chi connectivity index (χ1) is 33.3. The summed E-state index contributed by atoms with van der Waals surface area (Å²) in [5, 5.41) is 3.77. The molecule has 0 N–H and O–H groups in total. The SMILES string of the molecule is c1ccc(N(c2ccccc2)c2ccc3c(c2)C2(c4ccccc4-3)c3cc(N(c4ccccc4)c4ccc5c(c4)c4ccccc4n5-c4ccccc4)ccc3-c3sc4ccccc4c32)cc1. The van der Waals surface area contributed by atoms with Gasteiger partial charge in [0.1, 0.15) is 0 Å². The van der Waals surface area contributed by atoms with E-state index in [0.717, 1.165) is 39.8 Å². The Bertz CT molecular complexity index is 3830. The molecule has 12 aromatic rings. The Hall–Kier alpha value is -8.44. The maximum absolute atomic E-state index is 2.52. The maximum Gasteiger partial charge on any atom is 0.0741 e. The van der Waals surface area contributed by atoms with Crippen molar-refractivity contribution in [1.82, 2.24) is 4.57 Å². The zero-order valence-corrected chi connectivity index (χ0v) is 37.2. The summed E-state index contributed by atoms with van der Waals surface area (Å²) in [7, 11) is 0. The summed E-state index contributed by atoms with van der Waals surface area (Å²) in [5.41, 5.74) is 18.9. The highest BCUT2D eigenvalue weighted by molar-refractivity contribution is 7.22. The molecule has 2 aliphatic carbocycles. The van der Waals surface area contributed by atoms with Crippen LogP contribution in [0.5, 0.6) is 0 Å². The summed E-state index contributed by atoms with van der Waals surface area (Å²) in [6.45, 7) is 0. The lowest BCUT2D eigenvalue weighted by Crippen LogP contribution is -2.26. The summed E-state index contributed by atoms with van der Waals surface area (Å²) in [4.78, 5) is 6.20. The van der Waals surface area contributed by atoms with Gasteiger partial charge in [-0.3, -0.25) is 0 Å². The fourth-order valence-corrected chi connectivity index (χ4v) is 12.8. The molecule has 0 fully saturated rings. The fourth-order valence-electron chi connectivity index (χ4n) is 11.5. The molecule has 67 heavy (non-hydrogen) atoms. The number of hydrogen-bond acceptors (Lipinski definition) is 3. The van der Waals surface area contributed by atoms with Crippen LogP contribution >= 0.6 is 11.3 Å². The number of rotatable bonds is 7. The van der Waals surface area contributed by atoms with E-state index in [9.17, 15) is 0 Å². The van der Waals surface area contributed by atoms with Crippen molar-refractivity contribution in [2.45, 2.75) is 5.41 Å². The number of nitrogens with zero attached hydrogens (tertiary/aromatic N) is 3. The number of fused-ring (bicyclic) bond motifs is 15. The third-order valence-electron chi connectivity index (χ3n) is 14.1. The largest absolute Gasteiger partial charge is 0.310 e. The molecular formula is C63H41N3S. The first-order valence-corrected chi connectivity index (χ1v) is 23.8. The number of thiophene rings is 1. The Labute approximate surface area is 393 Å². The lowest BCUT2D eigenvalue weighted by atomic mass is 9.70. The number of para-hydroxylation sites is 5. The minimum atomic E-state index is -0.587. The number of anilines is 6. The average Bonchev–Trinajstić information content (AvgIpc) is 4.11. The van der Waals surface area contributed by atoms with E-state index in [0.29, 0.717) is 0 Å².